The van der Waals surface area contributed by atoms with Crippen LogP contribution in [-0.2, 0) is 0 Å². The van der Waals surface area contributed by atoms with Crippen LogP contribution in [0.5, 0.6) is 0 Å². The number of aliphatic hydroxyl groups excluding tert-OH is 1. The van der Waals surface area contributed by atoms with Crippen molar-refractivity contribution < 1.29 is 10.3 Å². The van der Waals surface area contributed by atoms with Gasteiger partial charge >= 0.3 is 0 Å². The summed E-state index contributed by atoms with van der Waals surface area (Å²) in [4.78, 5) is 4.05. The van der Waals surface area contributed by atoms with Crippen LogP contribution in [0.15, 0.2) is 28.5 Å². The van der Waals surface area contributed by atoms with E-state index in [-0.39, 0.29) is 12.4 Å². The Labute approximate surface area is 85.6 Å². The second-order valence-corrected chi connectivity index (χ2v) is 3.56. The fraction of sp³-hybridized carbons (Fsp3) is 0.250. The number of thioether (sulfide) groups is 1. The number of pyridine rings is 1. The zero-order valence-corrected chi connectivity index (χ0v) is 8.24. The molecule has 0 aromatic carbocycles. The smallest absolute Gasteiger partial charge is 0.170 e. The van der Waals surface area contributed by atoms with Crippen molar-refractivity contribution in [2.45, 2.75) is 5.03 Å². The van der Waals surface area contributed by atoms with Gasteiger partial charge in [-0.15, -0.1) is 11.8 Å². The van der Waals surface area contributed by atoms with Crippen molar-refractivity contribution >= 4 is 17.6 Å². The Hall–Kier alpha value is -1.27. The molecule has 5 nitrogen and oxygen atoms in total. The zero-order valence-electron chi connectivity index (χ0n) is 7.42. The molecule has 0 aliphatic rings. The summed E-state index contributed by atoms with van der Waals surface area (Å²) in [6.45, 7) is 0.0974. The third kappa shape index (κ3) is 2.90. The van der Waals surface area contributed by atoms with E-state index in [4.69, 9.17) is 16.0 Å². The predicted molar refractivity (Wildman–Crippen MR) is 54.6 cm³/mol. The number of aromatic nitrogens is 1. The van der Waals surface area contributed by atoms with Crippen molar-refractivity contribution in [3.63, 3.8) is 0 Å². The third-order valence-electron chi connectivity index (χ3n) is 1.48. The van der Waals surface area contributed by atoms with Gasteiger partial charge in [0.25, 0.3) is 0 Å². The molecule has 1 heterocycles. The largest absolute Gasteiger partial charge is 0.409 e. The van der Waals surface area contributed by atoms with Crippen molar-refractivity contribution in [3.05, 3.63) is 23.9 Å². The van der Waals surface area contributed by atoms with Gasteiger partial charge in [-0.25, -0.2) is 4.98 Å². The summed E-state index contributed by atoms with van der Waals surface area (Å²) < 4.78 is 0. The topological polar surface area (TPSA) is 91.7 Å². The summed E-state index contributed by atoms with van der Waals surface area (Å²) >= 11 is 1.41. The highest BCUT2D eigenvalue weighted by Crippen LogP contribution is 2.15. The summed E-state index contributed by atoms with van der Waals surface area (Å²) in [6, 6.07) is 3.35. The quantitative estimate of drug-likeness (QED) is 0.219. The number of amidine groups is 1. The highest BCUT2D eigenvalue weighted by atomic mass is 32.2. The fourth-order valence-corrected chi connectivity index (χ4v) is 1.50. The summed E-state index contributed by atoms with van der Waals surface area (Å²) in [6.07, 6.45) is 1.58. The second kappa shape index (κ2) is 5.46. The van der Waals surface area contributed by atoms with Gasteiger partial charge in [0.1, 0.15) is 0 Å². The maximum absolute atomic E-state index is 8.62. The van der Waals surface area contributed by atoms with Gasteiger partial charge in [-0.05, 0) is 12.1 Å². The molecule has 0 bridgehead atoms. The predicted octanol–water partition coefficient (Wildman–Crippen LogP) is 0.261. The lowest BCUT2D eigenvalue weighted by molar-refractivity contribution is 0.318. The molecule has 4 N–H and O–H groups in total. The van der Waals surface area contributed by atoms with Crippen molar-refractivity contribution in [3.8, 4) is 0 Å². The fourth-order valence-electron chi connectivity index (χ4n) is 0.856. The highest BCUT2D eigenvalue weighted by molar-refractivity contribution is 7.99. The summed E-state index contributed by atoms with van der Waals surface area (Å²) in [5, 5.41) is 20.7. The molecule has 1 aromatic rings. The van der Waals surface area contributed by atoms with E-state index in [9.17, 15) is 0 Å². The van der Waals surface area contributed by atoms with Gasteiger partial charge in [0.15, 0.2) is 5.84 Å². The zero-order chi connectivity index (χ0) is 10.4. The number of oxime groups is 1. The number of nitrogens with two attached hydrogens (primary N) is 1. The van der Waals surface area contributed by atoms with Crippen molar-refractivity contribution in [2.75, 3.05) is 12.4 Å². The van der Waals surface area contributed by atoms with Crippen LogP contribution in [0.2, 0.25) is 0 Å². The Kier molecular flexibility index (Phi) is 4.21. The van der Waals surface area contributed by atoms with Gasteiger partial charge in [-0.2, -0.15) is 0 Å². The monoisotopic (exact) mass is 213 g/mol. The van der Waals surface area contributed by atoms with Gasteiger partial charge in [-0.1, -0.05) is 5.16 Å². The van der Waals surface area contributed by atoms with Gasteiger partial charge < -0.3 is 16.0 Å². The van der Waals surface area contributed by atoms with Crippen LogP contribution in [0.25, 0.3) is 0 Å². The first kappa shape index (κ1) is 10.8. The van der Waals surface area contributed by atoms with Crippen LogP contribution in [0.4, 0.5) is 0 Å². The number of hydrogen-bond acceptors (Lipinski definition) is 5. The number of aliphatic hydroxyl groups is 1. The third-order valence-corrected chi connectivity index (χ3v) is 2.39. The molecule has 0 fully saturated rings. The van der Waals surface area contributed by atoms with Crippen molar-refractivity contribution in [2.24, 2.45) is 10.9 Å². The molecule has 0 spiro atoms. The van der Waals surface area contributed by atoms with Crippen LogP contribution in [0, 0.1) is 0 Å². The molecule has 0 atom stereocenters. The molecule has 0 aliphatic carbocycles. The molecule has 76 valence electrons. The van der Waals surface area contributed by atoms with Crippen LogP contribution in [-0.4, -0.2) is 33.5 Å². The van der Waals surface area contributed by atoms with E-state index < -0.39 is 0 Å². The minimum absolute atomic E-state index is 0.0539. The molecular weight excluding hydrogens is 202 g/mol. The van der Waals surface area contributed by atoms with Crippen molar-refractivity contribution in [1.29, 1.82) is 0 Å². The maximum Gasteiger partial charge on any atom is 0.170 e. The molecule has 1 aromatic heterocycles. The molecule has 14 heavy (non-hydrogen) atoms. The molecule has 0 aliphatic heterocycles. The normalized spacial score (nSPS) is 11.6. The Morgan fingerprint density at radius 1 is 1.64 bits per heavy atom. The van der Waals surface area contributed by atoms with Crippen LogP contribution >= 0.6 is 11.8 Å². The first-order valence-corrected chi connectivity index (χ1v) is 4.94. The van der Waals surface area contributed by atoms with Crippen LogP contribution in [0.1, 0.15) is 5.56 Å². The van der Waals surface area contributed by atoms with Gasteiger partial charge in [0.05, 0.1) is 11.6 Å². The Balaban J connectivity index is 2.79. The van der Waals surface area contributed by atoms with E-state index in [0.717, 1.165) is 5.03 Å². The summed E-state index contributed by atoms with van der Waals surface area (Å²) in [7, 11) is 0. The molecular formula is C8H11N3O2S. The number of nitrogens with zero attached hydrogens (tertiary/aromatic N) is 2. The molecule has 0 saturated heterocycles. The molecule has 0 unspecified atom stereocenters. The summed E-state index contributed by atoms with van der Waals surface area (Å²) in [5.41, 5.74) is 6.02. The maximum atomic E-state index is 8.62. The average Bonchev–Trinajstić information content (AvgIpc) is 2.25. The first-order valence-electron chi connectivity index (χ1n) is 3.95. The number of hydrogen-bond donors (Lipinski definition) is 3. The minimum atomic E-state index is 0.0539. The summed E-state index contributed by atoms with van der Waals surface area (Å²) in [5.74, 6) is 0.630. The van der Waals surface area contributed by atoms with Gasteiger partial charge in [0, 0.05) is 17.5 Å². The molecule has 0 amide bonds. The lowest BCUT2D eigenvalue weighted by Gasteiger charge is -2.01. The molecule has 6 heteroatoms. The van der Waals surface area contributed by atoms with Crippen LogP contribution < -0.4 is 5.73 Å². The van der Waals surface area contributed by atoms with E-state index in [1.807, 2.05) is 0 Å². The minimum Gasteiger partial charge on any atom is -0.409 e. The van der Waals surface area contributed by atoms with E-state index >= 15 is 0 Å². The van der Waals surface area contributed by atoms with E-state index in [0.29, 0.717) is 11.3 Å². The molecule has 0 saturated carbocycles. The second-order valence-electron chi connectivity index (χ2n) is 2.44. The molecule has 0 radical (unpaired) electrons. The SMILES string of the molecule is N/C(=N\O)c1ccnc(SCCO)c1. The number of rotatable bonds is 4. The van der Waals surface area contributed by atoms with Crippen molar-refractivity contribution in [1.82, 2.24) is 4.98 Å². The van der Waals surface area contributed by atoms with Crippen LogP contribution in [0.3, 0.4) is 0 Å². The molecule has 1 rings (SSSR count). The Bertz CT molecular complexity index is 330. The first-order chi connectivity index (χ1) is 6.77. The standard InChI is InChI=1S/C8H11N3O2S/c9-8(11-13)6-1-2-10-7(5-6)14-4-3-12/h1-2,5,12-13H,3-4H2,(H2,9,11). The Morgan fingerprint density at radius 2 is 2.43 bits per heavy atom. The van der Waals surface area contributed by atoms with Gasteiger partial charge in [0.2, 0.25) is 0 Å². The lowest BCUT2D eigenvalue weighted by atomic mass is 10.2. The van der Waals surface area contributed by atoms with E-state index in [1.165, 1.54) is 11.8 Å². The van der Waals surface area contributed by atoms with E-state index in [1.54, 1.807) is 18.3 Å². The highest BCUT2D eigenvalue weighted by Gasteiger charge is 2.01. The Morgan fingerprint density at radius 3 is 3.07 bits per heavy atom. The van der Waals surface area contributed by atoms with Gasteiger partial charge in [-0.3, -0.25) is 0 Å². The van der Waals surface area contributed by atoms with E-state index in [2.05, 4.69) is 10.1 Å². The lowest BCUT2D eigenvalue weighted by Crippen LogP contribution is -2.13. The average molecular weight is 213 g/mol.